The predicted octanol–water partition coefficient (Wildman–Crippen LogP) is 2.71. The molecule has 1 aromatic carbocycles. The monoisotopic (exact) mass is 220 g/mol. The first-order chi connectivity index (χ1) is 7.61. The first-order valence-corrected chi connectivity index (χ1v) is 5.17. The number of carboxylic acid groups (broad SMARTS) is 1. The standard InChI is InChI=1S/C13H16O3/c1-10-6-5-7-11(2)13(10)16-9-4-3-8-12(14)15/h3-7H,8-9H2,1-2H3,(H,14,15)/b4-3+. The summed E-state index contributed by atoms with van der Waals surface area (Å²) in [6, 6.07) is 5.96. The van der Waals surface area contributed by atoms with Gasteiger partial charge in [-0.1, -0.05) is 30.4 Å². The Bertz CT molecular complexity index is 374. The minimum atomic E-state index is -0.830. The normalized spacial score (nSPS) is 10.6. The fraction of sp³-hybridized carbons (Fsp3) is 0.308. The van der Waals surface area contributed by atoms with E-state index < -0.39 is 5.97 Å². The molecule has 0 saturated carbocycles. The van der Waals surface area contributed by atoms with Gasteiger partial charge in [-0.2, -0.15) is 0 Å². The van der Waals surface area contributed by atoms with Gasteiger partial charge in [-0.05, 0) is 25.0 Å². The van der Waals surface area contributed by atoms with E-state index in [9.17, 15) is 4.79 Å². The van der Waals surface area contributed by atoms with Gasteiger partial charge in [0, 0.05) is 0 Å². The first kappa shape index (κ1) is 12.3. The summed E-state index contributed by atoms with van der Waals surface area (Å²) in [6.07, 6.45) is 3.35. The van der Waals surface area contributed by atoms with Crippen molar-refractivity contribution in [1.29, 1.82) is 0 Å². The van der Waals surface area contributed by atoms with Crippen LogP contribution in [0.1, 0.15) is 17.5 Å². The maximum Gasteiger partial charge on any atom is 0.307 e. The van der Waals surface area contributed by atoms with Crippen molar-refractivity contribution < 1.29 is 14.6 Å². The van der Waals surface area contributed by atoms with E-state index in [1.54, 1.807) is 12.2 Å². The molecule has 3 nitrogen and oxygen atoms in total. The topological polar surface area (TPSA) is 46.5 Å². The van der Waals surface area contributed by atoms with E-state index in [2.05, 4.69) is 0 Å². The highest BCUT2D eigenvalue weighted by Gasteiger charge is 2.01. The Kier molecular flexibility index (Phi) is 4.58. The molecule has 0 amide bonds. The number of aliphatic carboxylic acids is 1. The van der Waals surface area contributed by atoms with Crippen LogP contribution in [0.2, 0.25) is 0 Å². The molecule has 0 aliphatic heterocycles. The van der Waals surface area contributed by atoms with Gasteiger partial charge >= 0.3 is 5.97 Å². The lowest BCUT2D eigenvalue weighted by atomic mass is 10.1. The Morgan fingerprint density at radius 2 is 1.94 bits per heavy atom. The fourth-order valence-electron chi connectivity index (χ4n) is 1.41. The Balaban J connectivity index is 2.49. The molecule has 0 aliphatic rings. The maximum absolute atomic E-state index is 10.2. The molecular formula is C13H16O3. The van der Waals surface area contributed by atoms with Crippen molar-refractivity contribution >= 4 is 5.97 Å². The second-order valence-corrected chi connectivity index (χ2v) is 3.60. The number of carbonyl (C=O) groups is 1. The zero-order valence-corrected chi connectivity index (χ0v) is 9.56. The van der Waals surface area contributed by atoms with Crippen molar-refractivity contribution in [3.63, 3.8) is 0 Å². The Hall–Kier alpha value is -1.77. The average molecular weight is 220 g/mol. The van der Waals surface area contributed by atoms with Crippen molar-refractivity contribution in [2.24, 2.45) is 0 Å². The van der Waals surface area contributed by atoms with Gasteiger partial charge in [-0.25, -0.2) is 0 Å². The molecule has 3 heteroatoms. The van der Waals surface area contributed by atoms with Crippen LogP contribution in [0.3, 0.4) is 0 Å². The third-order valence-electron chi connectivity index (χ3n) is 2.19. The Morgan fingerprint density at radius 1 is 1.31 bits per heavy atom. The smallest absolute Gasteiger partial charge is 0.307 e. The average Bonchev–Trinajstić information content (AvgIpc) is 2.21. The predicted molar refractivity (Wildman–Crippen MR) is 62.8 cm³/mol. The molecule has 0 heterocycles. The van der Waals surface area contributed by atoms with Crippen LogP contribution in [0.25, 0.3) is 0 Å². The molecule has 0 unspecified atom stereocenters. The third kappa shape index (κ3) is 3.77. The summed E-state index contributed by atoms with van der Waals surface area (Å²) < 4.78 is 5.57. The van der Waals surface area contributed by atoms with E-state index in [-0.39, 0.29) is 6.42 Å². The highest BCUT2D eigenvalue weighted by atomic mass is 16.5. The third-order valence-corrected chi connectivity index (χ3v) is 2.19. The summed E-state index contributed by atoms with van der Waals surface area (Å²) in [5.74, 6) is 0.0470. The van der Waals surface area contributed by atoms with E-state index >= 15 is 0 Å². The summed E-state index contributed by atoms with van der Waals surface area (Å²) in [4.78, 5) is 10.2. The van der Waals surface area contributed by atoms with Crippen LogP contribution in [0.4, 0.5) is 0 Å². The lowest BCUT2D eigenvalue weighted by molar-refractivity contribution is -0.136. The summed E-state index contributed by atoms with van der Waals surface area (Å²) in [6.45, 7) is 4.38. The fourth-order valence-corrected chi connectivity index (χ4v) is 1.41. The number of hydrogen-bond acceptors (Lipinski definition) is 2. The number of ether oxygens (including phenoxy) is 1. The van der Waals surface area contributed by atoms with Gasteiger partial charge in [-0.15, -0.1) is 0 Å². The lowest BCUT2D eigenvalue weighted by Crippen LogP contribution is -1.98. The van der Waals surface area contributed by atoms with Gasteiger partial charge < -0.3 is 9.84 Å². The maximum atomic E-state index is 10.2. The first-order valence-electron chi connectivity index (χ1n) is 5.17. The molecule has 86 valence electrons. The second kappa shape index (κ2) is 5.95. The van der Waals surface area contributed by atoms with Gasteiger partial charge in [0.1, 0.15) is 12.4 Å². The number of rotatable bonds is 5. The summed E-state index contributed by atoms with van der Waals surface area (Å²) >= 11 is 0. The SMILES string of the molecule is Cc1cccc(C)c1OC/C=C/CC(=O)O. The molecule has 1 N–H and O–H groups in total. The molecule has 1 rings (SSSR count). The molecule has 0 radical (unpaired) electrons. The minimum absolute atomic E-state index is 0.0378. The van der Waals surface area contributed by atoms with Gasteiger partial charge in [0.25, 0.3) is 0 Å². The van der Waals surface area contributed by atoms with E-state index in [1.807, 2.05) is 32.0 Å². The zero-order valence-electron chi connectivity index (χ0n) is 9.56. The van der Waals surface area contributed by atoms with Crippen molar-refractivity contribution in [2.75, 3.05) is 6.61 Å². The lowest BCUT2D eigenvalue weighted by Gasteiger charge is -2.09. The van der Waals surface area contributed by atoms with Gasteiger partial charge in [0.05, 0.1) is 6.42 Å². The van der Waals surface area contributed by atoms with Crippen molar-refractivity contribution in [3.05, 3.63) is 41.5 Å². The van der Waals surface area contributed by atoms with Crippen LogP contribution in [0.5, 0.6) is 5.75 Å². The van der Waals surface area contributed by atoms with Crippen LogP contribution >= 0.6 is 0 Å². The molecule has 16 heavy (non-hydrogen) atoms. The van der Waals surface area contributed by atoms with Crippen LogP contribution in [-0.2, 0) is 4.79 Å². The molecule has 0 aliphatic carbocycles. The van der Waals surface area contributed by atoms with Crippen molar-refractivity contribution in [2.45, 2.75) is 20.3 Å². The number of aryl methyl sites for hydroxylation is 2. The van der Waals surface area contributed by atoms with Gasteiger partial charge in [0.15, 0.2) is 0 Å². The summed E-state index contributed by atoms with van der Waals surface area (Å²) in [5, 5.41) is 8.43. The van der Waals surface area contributed by atoms with Gasteiger partial charge in [-0.3, -0.25) is 4.79 Å². The van der Waals surface area contributed by atoms with Crippen molar-refractivity contribution in [3.8, 4) is 5.75 Å². The largest absolute Gasteiger partial charge is 0.489 e. The molecule has 0 bridgehead atoms. The van der Waals surface area contributed by atoms with Crippen LogP contribution in [0, 0.1) is 13.8 Å². The van der Waals surface area contributed by atoms with Crippen LogP contribution in [-0.4, -0.2) is 17.7 Å². The van der Waals surface area contributed by atoms with Gasteiger partial charge in [0.2, 0.25) is 0 Å². The van der Waals surface area contributed by atoms with E-state index in [0.29, 0.717) is 6.61 Å². The van der Waals surface area contributed by atoms with Crippen molar-refractivity contribution in [1.82, 2.24) is 0 Å². The van der Waals surface area contributed by atoms with E-state index in [4.69, 9.17) is 9.84 Å². The minimum Gasteiger partial charge on any atom is -0.489 e. The number of hydrogen-bond donors (Lipinski definition) is 1. The zero-order chi connectivity index (χ0) is 12.0. The number of benzene rings is 1. The van der Waals surface area contributed by atoms with Crippen LogP contribution < -0.4 is 4.74 Å². The Morgan fingerprint density at radius 3 is 2.50 bits per heavy atom. The highest BCUT2D eigenvalue weighted by Crippen LogP contribution is 2.21. The molecule has 1 aromatic rings. The highest BCUT2D eigenvalue weighted by molar-refractivity contribution is 5.68. The molecule has 0 saturated heterocycles. The summed E-state index contributed by atoms with van der Waals surface area (Å²) in [5.41, 5.74) is 2.18. The van der Waals surface area contributed by atoms with E-state index in [0.717, 1.165) is 16.9 Å². The second-order valence-electron chi connectivity index (χ2n) is 3.60. The van der Waals surface area contributed by atoms with E-state index in [1.165, 1.54) is 0 Å². The molecule has 0 aromatic heterocycles. The summed E-state index contributed by atoms with van der Waals surface area (Å²) in [7, 11) is 0. The number of para-hydroxylation sites is 1. The molecule has 0 fully saturated rings. The Labute approximate surface area is 95.4 Å². The number of carboxylic acids is 1. The molecule has 0 atom stereocenters. The molecular weight excluding hydrogens is 204 g/mol. The van der Waals surface area contributed by atoms with Crippen LogP contribution in [0.15, 0.2) is 30.4 Å². The molecule has 0 spiro atoms. The quantitative estimate of drug-likeness (QED) is 0.776.